The zero-order chi connectivity index (χ0) is 42.0. The van der Waals surface area contributed by atoms with Gasteiger partial charge in [0.15, 0.2) is 5.82 Å². The highest BCUT2D eigenvalue weighted by atomic mass is 19.1. The highest BCUT2D eigenvalue weighted by Gasteiger charge is 2.39. The molecular formula is C45H61F2N7O4. The molecule has 4 heterocycles. The Morgan fingerprint density at radius 2 is 1.53 bits per heavy atom. The third kappa shape index (κ3) is 8.84. The van der Waals surface area contributed by atoms with Crippen LogP contribution < -0.4 is 10.6 Å². The number of aromatic amines is 1. The van der Waals surface area contributed by atoms with Crippen molar-refractivity contribution in [3.63, 3.8) is 0 Å². The summed E-state index contributed by atoms with van der Waals surface area (Å²) in [7, 11) is 1.74. The molecule has 3 N–H and O–H groups in total. The van der Waals surface area contributed by atoms with Crippen LogP contribution in [0.25, 0.3) is 33.5 Å². The molecule has 2 saturated heterocycles. The minimum atomic E-state index is -0.678. The minimum absolute atomic E-state index is 0.000300. The Kier molecular flexibility index (Phi) is 13.4. The Bertz CT molecular complexity index is 1990. The third-order valence-electron chi connectivity index (χ3n) is 12.7. The van der Waals surface area contributed by atoms with Crippen molar-refractivity contribution in [2.45, 2.75) is 124 Å². The van der Waals surface area contributed by atoms with Crippen molar-refractivity contribution in [3.05, 3.63) is 53.6 Å². The summed E-state index contributed by atoms with van der Waals surface area (Å²) in [5.41, 5.74) is 3.22. The van der Waals surface area contributed by atoms with Gasteiger partial charge in [-0.25, -0.2) is 13.8 Å². The van der Waals surface area contributed by atoms with Gasteiger partial charge in [0.2, 0.25) is 17.7 Å². The van der Waals surface area contributed by atoms with E-state index in [-0.39, 0.29) is 65.8 Å². The van der Waals surface area contributed by atoms with Crippen molar-refractivity contribution in [3.8, 4) is 11.5 Å². The fraction of sp³-hybridized carbons (Fsp3) is 0.578. The number of carbonyl (C=O) groups excluding carboxylic acids is 4. The second-order valence-electron chi connectivity index (χ2n) is 17.3. The van der Waals surface area contributed by atoms with Gasteiger partial charge in [0, 0.05) is 66.9 Å². The van der Waals surface area contributed by atoms with E-state index in [1.807, 2.05) is 62.8 Å². The lowest BCUT2D eigenvalue weighted by Gasteiger charge is -2.32. The van der Waals surface area contributed by atoms with E-state index in [2.05, 4.69) is 15.6 Å². The van der Waals surface area contributed by atoms with Crippen LogP contribution in [-0.4, -0.2) is 92.1 Å². The standard InChI is InChI=1S/C45H61F2N7O4/c1-9-27(6)43(56)51-40(26(4)5)45(58)53-19-11-13-32(53)24-54-38-17-15-30(47)21-37(38)50-42(54)41-35(33-16-14-29(46)20-36(33)49-41)22-31-12-10-18-52(31)44(57)34(25(2)3)23-39(55)28(7)48-8/h14-17,20-21,25-28,31-32,34,40,48-49H,9-13,18-19,22-24H2,1-8H3,(H,51,56)/t27-,28+,31+,32+,34+,40+/m1/s1. The van der Waals surface area contributed by atoms with Crippen LogP contribution in [0.4, 0.5) is 8.78 Å². The number of rotatable bonds is 16. The summed E-state index contributed by atoms with van der Waals surface area (Å²) >= 11 is 0. The van der Waals surface area contributed by atoms with Crippen LogP contribution in [0.1, 0.15) is 92.6 Å². The smallest absolute Gasteiger partial charge is 0.245 e. The molecule has 2 fully saturated rings. The molecular weight excluding hydrogens is 741 g/mol. The second-order valence-corrected chi connectivity index (χ2v) is 17.3. The van der Waals surface area contributed by atoms with Crippen LogP contribution in [0.2, 0.25) is 0 Å². The van der Waals surface area contributed by atoms with Gasteiger partial charge in [-0.3, -0.25) is 19.2 Å². The van der Waals surface area contributed by atoms with E-state index in [9.17, 15) is 28.0 Å². The van der Waals surface area contributed by atoms with E-state index in [4.69, 9.17) is 4.98 Å². The van der Waals surface area contributed by atoms with Crippen molar-refractivity contribution in [2.24, 2.45) is 23.7 Å². The van der Waals surface area contributed by atoms with Gasteiger partial charge in [-0.2, -0.15) is 0 Å². The quantitative estimate of drug-likeness (QED) is 0.112. The number of ketones is 1. The van der Waals surface area contributed by atoms with Crippen LogP contribution in [-0.2, 0) is 32.1 Å². The van der Waals surface area contributed by atoms with Gasteiger partial charge in [-0.05, 0) is 100 Å². The number of amides is 3. The number of Topliss-reactive ketones (excluding diaryl/α,β-unsaturated/α-hetero) is 1. The number of fused-ring (bicyclic) bond motifs is 2. The number of carbonyl (C=O) groups is 4. The third-order valence-corrected chi connectivity index (χ3v) is 12.7. The van der Waals surface area contributed by atoms with E-state index in [0.29, 0.717) is 60.5 Å². The number of nitrogens with zero attached hydrogens (tertiary/aromatic N) is 4. The van der Waals surface area contributed by atoms with E-state index in [0.717, 1.165) is 36.6 Å². The van der Waals surface area contributed by atoms with Gasteiger partial charge in [-0.15, -0.1) is 0 Å². The summed E-state index contributed by atoms with van der Waals surface area (Å²) in [6.07, 6.45) is 4.37. The lowest BCUT2D eigenvalue weighted by atomic mass is 9.87. The number of imidazole rings is 1. The first kappa shape index (κ1) is 42.9. The van der Waals surface area contributed by atoms with Gasteiger partial charge >= 0.3 is 0 Å². The maximum absolute atomic E-state index is 14.8. The number of H-pyrrole nitrogens is 1. The van der Waals surface area contributed by atoms with E-state index >= 15 is 0 Å². The molecule has 58 heavy (non-hydrogen) atoms. The Hall–Kier alpha value is -4.65. The average Bonchev–Trinajstić information content (AvgIpc) is 4.00. The molecule has 2 aromatic carbocycles. The van der Waals surface area contributed by atoms with Crippen LogP contribution >= 0.6 is 0 Å². The lowest BCUT2D eigenvalue weighted by molar-refractivity contribution is -0.140. The maximum atomic E-state index is 14.8. The molecule has 11 nitrogen and oxygen atoms in total. The topological polar surface area (TPSA) is 132 Å². The Morgan fingerprint density at radius 3 is 2.19 bits per heavy atom. The van der Waals surface area contributed by atoms with E-state index in [1.165, 1.54) is 24.3 Å². The summed E-state index contributed by atoms with van der Waals surface area (Å²) in [6, 6.07) is 7.69. The molecule has 314 valence electrons. The molecule has 0 unspecified atom stereocenters. The van der Waals surface area contributed by atoms with Crippen molar-refractivity contribution in [2.75, 3.05) is 20.1 Å². The van der Waals surface area contributed by atoms with Gasteiger partial charge in [0.1, 0.15) is 23.5 Å². The largest absolute Gasteiger partial charge is 0.352 e. The monoisotopic (exact) mass is 801 g/mol. The fourth-order valence-electron chi connectivity index (χ4n) is 8.76. The van der Waals surface area contributed by atoms with Gasteiger partial charge in [-0.1, -0.05) is 41.5 Å². The lowest BCUT2D eigenvalue weighted by Crippen LogP contribution is -2.53. The highest BCUT2D eigenvalue weighted by Crippen LogP contribution is 2.37. The van der Waals surface area contributed by atoms with Gasteiger partial charge < -0.3 is 30.0 Å². The molecule has 2 aliphatic heterocycles. The molecule has 0 bridgehead atoms. The number of benzene rings is 2. The van der Waals surface area contributed by atoms with E-state index < -0.39 is 23.6 Å². The molecule has 2 aromatic heterocycles. The molecule has 4 aromatic rings. The highest BCUT2D eigenvalue weighted by molar-refractivity contribution is 5.93. The molecule has 13 heteroatoms. The summed E-state index contributed by atoms with van der Waals surface area (Å²) in [6.45, 7) is 14.9. The normalized spacial score (nSPS) is 19.4. The molecule has 6 atom stereocenters. The number of aromatic nitrogens is 3. The maximum Gasteiger partial charge on any atom is 0.245 e. The molecule has 2 aliphatic rings. The average molecular weight is 802 g/mol. The van der Waals surface area contributed by atoms with Crippen LogP contribution in [0.15, 0.2) is 36.4 Å². The minimum Gasteiger partial charge on any atom is -0.352 e. The number of nitrogens with one attached hydrogen (secondary N) is 3. The predicted molar refractivity (Wildman–Crippen MR) is 223 cm³/mol. The van der Waals surface area contributed by atoms with Crippen LogP contribution in [0, 0.1) is 35.3 Å². The predicted octanol–water partition coefficient (Wildman–Crippen LogP) is 7.01. The zero-order valence-corrected chi connectivity index (χ0v) is 35.3. The molecule has 0 aliphatic carbocycles. The number of likely N-dealkylation sites (N-methyl/N-ethyl adjacent to an activating group) is 1. The van der Waals surface area contributed by atoms with Gasteiger partial charge in [0.25, 0.3) is 0 Å². The number of likely N-dealkylation sites (tertiary alicyclic amines) is 2. The van der Waals surface area contributed by atoms with Crippen molar-refractivity contribution in [1.29, 1.82) is 0 Å². The summed E-state index contributed by atoms with van der Waals surface area (Å²) in [5.74, 6) is -1.45. The molecule has 3 amide bonds. The van der Waals surface area contributed by atoms with Crippen LogP contribution in [0.5, 0.6) is 0 Å². The first-order chi connectivity index (χ1) is 27.6. The van der Waals surface area contributed by atoms with Crippen molar-refractivity contribution < 1.29 is 28.0 Å². The fourth-order valence-corrected chi connectivity index (χ4v) is 8.76. The zero-order valence-electron chi connectivity index (χ0n) is 35.3. The molecule has 0 spiro atoms. The number of hydrogen-bond acceptors (Lipinski definition) is 6. The summed E-state index contributed by atoms with van der Waals surface area (Å²) in [4.78, 5) is 66.9. The molecule has 0 saturated carbocycles. The van der Waals surface area contributed by atoms with Crippen LogP contribution in [0.3, 0.4) is 0 Å². The number of halogens is 2. The van der Waals surface area contributed by atoms with Crippen molar-refractivity contribution in [1.82, 2.24) is 35.0 Å². The van der Waals surface area contributed by atoms with Gasteiger partial charge in [0.05, 0.1) is 22.8 Å². The molecule has 0 radical (unpaired) electrons. The summed E-state index contributed by atoms with van der Waals surface area (Å²) in [5, 5.41) is 6.82. The first-order valence-corrected chi connectivity index (χ1v) is 21.2. The Balaban J connectivity index is 1.38. The Labute approximate surface area is 340 Å². The summed E-state index contributed by atoms with van der Waals surface area (Å²) < 4.78 is 31.6. The second kappa shape index (κ2) is 18.1. The molecule has 6 rings (SSSR count). The van der Waals surface area contributed by atoms with Crippen molar-refractivity contribution >= 4 is 45.4 Å². The SMILES string of the molecule is CC[C@@H](C)C(=O)N[C@H](C(=O)N1CCC[C@H]1Cn1c(-c2[nH]c3cc(F)ccc3c2C[C@@H]2CCCN2C(=O)[C@@H](CC(=O)[C@H](C)NC)C(C)C)nc2cc(F)ccc21)C(C)C. The first-order valence-electron chi connectivity index (χ1n) is 21.2. The Morgan fingerprint density at radius 1 is 0.879 bits per heavy atom. The number of hydrogen-bond donors (Lipinski definition) is 3. The van der Waals surface area contributed by atoms with E-state index in [1.54, 1.807) is 19.2 Å².